The van der Waals surface area contributed by atoms with E-state index >= 15 is 0 Å². The summed E-state index contributed by atoms with van der Waals surface area (Å²) in [7, 11) is 0. The van der Waals surface area contributed by atoms with Gasteiger partial charge in [-0.1, -0.05) is 13.8 Å². The summed E-state index contributed by atoms with van der Waals surface area (Å²) in [5.74, 6) is -0.0153. The number of rotatable bonds is 5. The van der Waals surface area contributed by atoms with Crippen molar-refractivity contribution in [3.63, 3.8) is 0 Å². The van der Waals surface area contributed by atoms with Crippen LogP contribution in [-0.2, 0) is 9.53 Å². The van der Waals surface area contributed by atoms with Crippen LogP contribution in [0.1, 0.15) is 33.1 Å². The standard InChI is InChI=1S/C11H21NO3/c1-11(2,5-6-13)8-12-10(14)9-4-3-7-15-9/h9,13H,3-8H2,1-2H3,(H,12,14)/t9-/m0/s1. The lowest BCUT2D eigenvalue weighted by Crippen LogP contribution is -2.40. The van der Waals surface area contributed by atoms with E-state index in [4.69, 9.17) is 9.84 Å². The molecule has 4 heteroatoms. The number of aliphatic hydroxyl groups excluding tert-OH is 1. The molecule has 0 saturated carbocycles. The molecule has 88 valence electrons. The fourth-order valence-corrected chi connectivity index (χ4v) is 1.62. The Kier molecular flexibility index (Phi) is 4.54. The molecule has 0 aromatic rings. The lowest BCUT2D eigenvalue weighted by Gasteiger charge is -2.24. The largest absolute Gasteiger partial charge is 0.396 e. The maximum Gasteiger partial charge on any atom is 0.249 e. The molecule has 1 fully saturated rings. The van der Waals surface area contributed by atoms with Crippen LogP contribution in [-0.4, -0.2) is 36.9 Å². The van der Waals surface area contributed by atoms with E-state index in [1.165, 1.54) is 0 Å². The predicted octanol–water partition coefficient (Wildman–Crippen LogP) is 0.690. The van der Waals surface area contributed by atoms with Gasteiger partial charge in [0.1, 0.15) is 6.10 Å². The highest BCUT2D eigenvalue weighted by Gasteiger charge is 2.25. The highest BCUT2D eigenvalue weighted by molar-refractivity contribution is 5.80. The molecule has 1 aliphatic rings. The van der Waals surface area contributed by atoms with Gasteiger partial charge in [0.2, 0.25) is 5.91 Å². The maximum atomic E-state index is 11.6. The van der Waals surface area contributed by atoms with Gasteiger partial charge in [-0.2, -0.15) is 0 Å². The van der Waals surface area contributed by atoms with Crippen molar-refractivity contribution in [1.82, 2.24) is 5.32 Å². The van der Waals surface area contributed by atoms with Crippen molar-refractivity contribution in [1.29, 1.82) is 0 Å². The molecule has 1 rings (SSSR count). The number of amides is 1. The van der Waals surface area contributed by atoms with Crippen molar-refractivity contribution >= 4 is 5.91 Å². The minimum absolute atomic E-state index is 0.0153. The second-order valence-corrected chi connectivity index (χ2v) is 4.86. The number of ether oxygens (including phenoxy) is 1. The zero-order valence-electron chi connectivity index (χ0n) is 9.58. The van der Waals surface area contributed by atoms with E-state index in [0.29, 0.717) is 19.6 Å². The molecular formula is C11H21NO3. The van der Waals surface area contributed by atoms with E-state index in [9.17, 15) is 4.79 Å². The Morgan fingerprint density at radius 3 is 2.87 bits per heavy atom. The van der Waals surface area contributed by atoms with Gasteiger partial charge < -0.3 is 15.2 Å². The van der Waals surface area contributed by atoms with E-state index in [0.717, 1.165) is 12.8 Å². The fraction of sp³-hybridized carbons (Fsp3) is 0.909. The summed E-state index contributed by atoms with van der Waals surface area (Å²) >= 11 is 0. The van der Waals surface area contributed by atoms with E-state index in [1.54, 1.807) is 0 Å². The molecule has 0 bridgehead atoms. The first-order valence-corrected chi connectivity index (χ1v) is 5.55. The van der Waals surface area contributed by atoms with Crippen LogP contribution in [0.3, 0.4) is 0 Å². The molecule has 1 amide bonds. The topological polar surface area (TPSA) is 58.6 Å². The molecule has 0 unspecified atom stereocenters. The highest BCUT2D eigenvalue weighted by Crippen LogP contribution is 2.18. The Hall–Kier alpha value is -0.610. The summed E-state index contributed by atoms with van der Waals surface area (Å²) in [4.78, 5) is 11.6. The van der Waals surface area contributed by atoms with Crippen molar-refractivity contribution in [3.05, 3.63) is 0 Å². The number of nitrogens with one attached hydrogen (secondary N) is 1. The van der Waals surface area contributed by atoms with Crippen LogP contribution in [0.25, 0.3) is 0 Å². The zero-order valence-corrected chi connectivity index (χ0v) is 9.58. The molecular weight excluding hydrogens is 194 g/mol. The van der Waals surface area contributed by atoms with E-state index < -0.39 is 0 Å². The Bertz CT molecular complexity index is 210. The quantitative estimate of drug-likeness (QED) is 0.709. The average molecular weight is 215 g/mol. The smallest absolute Gasteiger partial charge is 0.249 e. The number of carbonyl (C=O) groups is 1. The number of hydrogen-bond donors (Lipinski definition) is 2. The van der Waals surface area contributed by atoms with Crippen LogP contribution in [0.2, 0.25) is 0 Å². The molecule has 1 saturated heterocycles. The summed E-state index contributed by atoms with van der Waals surface area (Å²) in [5.41, 5.74) is -0.0526. The molecule has 1 aliphatic heterocycles. The summed E-state index contributed by atoms with van der Waals surface area (Å²) in [5, 5.41) is 11.7. The van der Waals surface area contributed by atoms with Crippen LogP contribution in [0, 0.1) is 5.41 Å². The Morgan fingerprint density at radius 2 is 2.33 bits per heavy atom. The monoisotopic (exact) mass is 215 g/mol. The van der Waals surface area contributed by atoms with E-state index in [2.05, 4.69) is 5.32 Å². The van der Waals surface area contributed by atoms with Crippen molar-refractivity contribution in [2.24, 2.45) is 5.41 Å². The molecule has 2 N–H and O–H groups in total. The van der Waals surface area contributed by atoms with Crippen LogP contribution in [0.4, 0.5) is 0 Å². The van der Waals surface area contributed by atoms with Gasteiger partial charge in [-0.05, 0) is 24.7 Å². The maximum absolute atomic E-state index is 11.6. The third-order valence-corrected chi connectivity index (χ3v) is 2.75. The van der Waals surface area contributed by atoms with Crippen LogP contribution in [0.15, 0.2) is 0 Å². The lowest BCUT2D eigenvalue weighted by molar-refractivity contribution is -0.130. The third-order valence-electron chi connectivity index (χ3n) is 2.75. The second-order valence-electron chi connectivity index (χ2n) is 4.86. The van der Waals surface area contributed by atoms with Gasteiger partial charge in [-0.15, -0.1) is 0 Å². The first-order chi connectivity index (χ1) is 7.05. The molecule has 0 spiro atoms. The second kappa shape index (κ2) is 5.47. The van der Waals surface area contributed by atoms with Gasteiger partial charge in [0.15, 0.2) is 0 Å². The SMILES string of the molecule is CC(C)(CCO)CNC(=O)[C@@H]1CCCO1. The van der Waals surface area contributed by atoms with E-state index in [1.807, 2.05) is 13.8 Å². The van der Waals surface area contributed by atoms with Crippen molar-refractivity contribution in [2.75, 3.05) is 19.8 Å². The molecule has 4 nitrogen and oxygen atoms in total. The van der Waals surface area contributed by atoms with Gasteiger partial charge >= 0.3 is 0 Å². The normalized spacial score (nSPS) is 21.7. The first kappa shape index (κ1) is 12.5. The van der Waals surface area contributed by atoms with Crippen molar-refractivity contribution in [2.45, 2.75) is 39.2 Å². The van der Waals surface area contributed by atoms with Crippen LogP contribution >= 0.6 is 0 Å². The summed E-state index contributed by atoms with van der Waals surface area (Å²) < 4.78 is 5.28. The Morgan fingerprint density at radius 1 is 1.60 bits per heavy atom. The van der Waals surface area contributed by atoms with E-state index in [-0.39, 0.29) is 24.0 Å². The van der Waals surface area contributed by atoms with Crippen molar-refractivity contribution in [3.8, 4) is 0 Å². The van der Waals surface area contributed by atoms with Crippen LogP contribution in [0.5, 0.6) is 0 Å². The Balaban J connectivity index is 2.26. The van der Waals surface area contributed by atoms with Gasteiger partial charge in [0.05, 0.1) is 0 Å². The fourth-order valence-electron chi connectivity index (χ4n) is 1.62. The molecule has 0 aromatic carbocycles. The van der Waals surface area contributed by atoms with Gasteiger partial charge in [0, 0.05) is 19.8 Å². The summed E-state index contributed by atoms with van der Waals surface area (Å²) in [6.45, 7) is 5.49. The minimum Gasteiger partial charge on any atom is -0.396 e. The van der Waals surface area contributed by atoms with Crippen LogP contribution < -0.4 is 5.32 Å². The van der Waals surface area contributed by atoms with Gasteiger partial charge in [0.25, 0.3) is 0 Å². The average Bonchev–Trinajstić information content (AvgIpc) is 2.67. The highest BCUT2D eigenvalue weighted by atomic mass is 16.5. The summed E-state index contributed by atoms with van der Waals surface area (Å²) in [6, 6.07) is 0. The zero-order chi connectivity index (χ0) is 11.3. The van der Waals surface area contributed by atoms with Crippen molar-refractivity contribution < 1.29 is 14.6 Å². The molecule has 1 heterocycles. The number of carbonyl (C=O) groups excluding carboxylic acids is 1. The predicted molar refractivity (Wildman–Crippen MR) is 57.5 cm³/mol. The molecule has 1 atom stereocenters. The van der Waals surface area contributed by atoms with Gasteiger partial charge in [-0.25, -0.2) is 0 Å². The molecule has 0 aliphatic carbocycles. The molecule has 0 radical (unpaired) electrons. The Labute approximate surface area is 91.0 Å². The first-order valence-electron chi connectivity index (χ1n) is 5.55. The third kappa shape index (κ3) is 4.18. The summed E-state index contributed by atoms with van der Waals surface area (Å²) in [6.07, 6.45) is 2.23. The molecule has 0 aromatic heterocycles. The van der Waals surface area contributed by atoms with Gasteiger partial charge in [-0.3, -0.25) is 4.79 Å². The molecule has 15 heavy (non-hydrogen) atoms. The lowest BCUT2D eigenvalue weighted by atomic mass is 9.89. The number of hydrogen-bond acceptors (Lipinski definition) is 3. The minimum atomic E-state index is -0.255. The number of aliphatic hydroxyl groups is 1.